The van der Waals surface area contributed by atoms with E-state index in [1.54, 1.807) is 53.7 Å². The monoisotopic (exact) mass is 374 g/mol. The molecule has 0 unspecified atom stereocenters. The van der Waals surface area contributed by atoms with Gasteiger partial charge in [-0.25, -0.2) is 9.78 Å². The number of nitrogens with zero attached hydrogens (tertiary/aromatic N) is 2. The van der Waals surface area contributed by atoms with Crippen molar-refractivity contribution >= 4 is 34.6 Å². The molecule has 7 nitrogen and oxygen atoms in total. The molecule has 0 radical (unpaired) electrons. The molecule has 26 heavy (non-hydrogen) atoms. The van der Waals surface area contributed by atoms with Crippen LogP contribution in [0.25, 0.3) is 0 Å². The average Bonchev–Trinajstić information content (AvgIpc) is 3.28. The van der Waals surface area contributed by atoms with Crippen LogP contribution in [0.5, 0.6) is 0 Å². The van der Waals surface area contributed by atoms with Gasteiger partial charge >= 0.3 is 6.03 Å². The van der Waals surface area contributed by atoms with Crippen molar-refractivity contribution in [2.24, 2.45) is 0 Å². The lowest BCUT2D eigenvalue weighted by molar-refractivity contribution is -0.124. The van der Waals surface area contributed by atoms with Crippen LogP contribution in [0.2, 0.25) is 0 Å². The molecule has 1 aliphatic rings. The Balaban J connectivity index is 1.51. The van der Waals surface area contributed by atoms with Crippen molar-refractivity contribution in [2.45, 2.75) is 32.4 Å². The molecule has 138 valence electrons. The fourth-order valence-electron chi connectivity index (χ4n) is 2.65. The van der Waals surface area contributed by atoms with E-state index in [4.69, 9.17) is 4.74 Å². The normalized spacial score (nSPS) is 16.3. The highest BCUT2D eigenvalue weighted by Gasteiger charge is 2.23. The second-order valence-electron chi connectivity index (χ2n) is 6.20. The molecule has 1 atom stereocenters. The highest BCUT2D eigenvalue weighted by Crippen LogP contribution is 2.18. The largest absolute Gasteiger partial charge is 0.368 e. The third-order valence-electron chi connectivity index (χ3n) is 4.03. The van der Waals surface area contributed by atoms with Gasteiger partial charge < -0.3 is 20.3 Å². The fourth-order valence-corrected chi connectivity index (χ4v) is 3.50. The van der Waals surface area contributed by atoms with E-state index in [-0.39, 0.29) is 18.0 Å². The van der Waals surface area contributed by atoms with E-state index in [0.29, 0.717) is 24.5 Å². The zero-order valence-electron chi connectivity index (χ0n) is 14.8. The second kappa shape index (κ2) is 8.29. The molecule has 3 amide bonds. The van der Waals surface area contributed by atoms with Gasteiger partial charge in [-0.15, -0.1) is 11.3 Å². The van der Waals surface area contributed by atoms with Crippen molar-refractivity contribution in [2.75, 3.05) is 24.3 Å². The van der Waals surface area contributed by atoms with Gasteiger partial charge in [-0.2, -0.15) is 0 Å². The number of rotatable bonds is 5. The molecule has 1 aliphatic heterocycles. The number of amides is 3. The first-order valence-electron chi connectivity index (χ1n) is 8.47. The molecule has 0 saturated carbocycles. The maximum Gasteiger partial charge on any atom is 0.321 e. The fraction of sp³-hybridized carbons (Fsp3) is 0.389. The van der Waals surface area contributed by atoms with E-state index >= 15 is 0 Å². The number of carbonyl (C=O) groups excluding carboxylic acids is 2. The minimum Gasteiger partial charge on any atom is -0.368 e. The second-order valence-corrected chi connectivity index (χ2v) is 7.52. The molecule has 1 saturated heterocycles. The number of thiazole rings is 1. The van der Waals surface area contributed by atoms with Crippen molar-refractivity contribution in [3.8, 4) is 0 Å². The van der Waals surface area contributed by atoms with E-state index in [1.807, 2.05) is 6.92 Å². The third kappa shape index (κ3) is 4.80. The van der Waals surface area contributed by atoms with E-state index < -0.39 is 0 Å². The van der Waals surface area contributed by atoms with Gasteiger partial charge in [0.15, 0.2) is 0 Å². The van der Waals surface area contributed by atoms with Crippen molar-refractivity contribution in [1.29, 1.82) is 0 Å². The van der Waals surface area contributed by atoms with E-state index in [1.165, 1.54) is 0 Å². The molecule has 2 heterocycles. The lowest BCUT2D eigenvalue weighted by atomic mass is 10.2. The molecule has 0 spiro atoms. The minimum absolute atomic E-state index is 0.126. The van der Waals surface area contributed by atoms with E-state index in [2.05, 4.69) is 15.6 Å². The molecule has 2 aromatic rings. The van der Waals surface area contributed by atoms with Crippen LogP contribution >= 0.6 is 11.3 Å². The molecule has 8 heteroatoms. The van der Waals surface area contributed by atoms with E-state index in [9.17, 15) is 9.59 Å². The molecule has 1 aromatic carbocycles. The zero-order chi connectivity index (χ0) is 18.5. The third-order valence-corrected chi connectivity index (χ3v) is 4.93. The minimum atomic E-state index is -0.363. The number of aromatic nitrogens is 1. The van der Waals surface area contributed by atoms with Gasteiger partial charge in [0.25, 0.3) is 5.91 Å². The number of ether oxygens (including phenoxy) is 1. The summed E-state index contributed by atoms with van der Waals surface area (Å²) in [5.41, 5.74) is 1.34. The van der Waals surface area contributed by atoms with Crippen molar-refractivity contribution in [1.82, 2.24) is 9.88 Å². The SMILES string of the molecule is Cc1ncc(CN(C)C(=O)Nc2ccc(NC(=O)[C@@H]3CCCO3)cc2)s1. The van der Waals surface area contributed by atoms with Gasteiger partial charge in [-0.3, -0.25) is 4.79 Å². The summed E-state index contributed by atoms with van der Waals surface area (Å²) in [5.74, 6) is -0.126. The first kappa shape index (κ1) is 18.3. The van der Waals surface area contributed by atoms with Crippen LogP contribution in [0, 0.1) is 6.92 Å². The van der Waals surface area contributed by atoms with Crippen LogP contribution < -0.4 is 10.6 Å². The summed E-state index contributed by atoms with van der Waals surface area (Å²) < 4.78 is 5.36. The molecular formula is C18H22N4O3S. The number of benzene rings is 1. The van der Waals surface area contributed by atoms with E-state index in [0.717, 1.165) is 22.7 Å². The predicted octanol–water partition coefficient (Wildman–Crippen LogP) is 3.23. The van der Waals surface area contributed by atoms with Crippen LogP contribution in [-0.2, 0) is 16.1 Å². The molecule has 2 N–H and O–H groups in total. The number of anilines is 2. The molecule has 0 aliphatic carbocycles. The Morgan fingerprint density at radius 1 is 1.27 bits per heavy atom. The van der Waals surface area contributed by atoms with Gasteiger partial charge in [0.2, 0.25) is 0 Å². The molecule has 0 bridgehead atoms. The number of aryl methyl sites for hydroxylation is 1. The van der Waals surface area contributed by atoms with Gasteiger partial charge in [0.1, 0.15) is 6.10 Å². The smallest absolute Gasteiger partial charge is 0.321 e. The summed E-state index contributed by atoms with van der Waals surface area (Å²) in [6.45, 7) is 3.08. The summed E-state index contributed by atoms with van der Waals surface area (Å²) in [4.78, 5) is 31.1. The standard InChI is InChI=1S/C18H22N4O3S/c1-12-19-10-15(26-12)11-22(2)18(24)21-14-7-5-13(6-8-14)20-17(23)16-4-3-9-25-16/h5-8,10,16H,3-4,9,11H2,1-2H3,(H,20,23)(H,21,24)/t16-/m0/s1. The van der Waals surface area contributed by atoms with Crippen LogP contribution in [-0.4, -0.2) is 41.6 Å². The maximum atomic E-state index is 12.3. The van der Waals surface area contributed by atoms with Crippen LogP contribution in [0.1, 0.15) is 22.7 Å². The average molecular weight is 374 g/mol. The molecule has 3 rings (SSSR count). The van der Waals surface area contributed by atoms with Crippen molar-refractivity contribution < 1.29 is 14.3 Å². The van der Waals surface area contributed by atoms with Gasteiger partial charge in [0.05, 0.1) is 11.6 Å². The van der Waals surface area contributed by atoms with Crippen molar-refractivity contribution in [3.63, 3.8) is 0 Å². The first-order valence-corrected chi connectivity index (χ1v) is 9.29. The molecule has 1 fully saturated rings. The van der Waals surface area contributed by atoms with Crippen molar-refractivity contribution in [3.05, 3.63) is 40.3 Å². The quantitative estimate of drug-likeness (QED) is 0.842. The summed E-state index contributed by atoms with van der Waals surface area (Å²) in [6.07, 6.45) is 3.09. The van der Waals surface area contributed by atoms with Crippen LogP contribution in [0.15, 0.2) is 30.5 Å². The summed E-state index contributed by atoms with van der Waals surface area (Å²) in [6, 6.07) is 6.83. The lowest BCUT2D eigenvalue weighted by Gasteiger charge is -2.17. The van der Waals surface area contributed by atoms with Crippen LogP contribution in [0.4, 0.5) is 16.2 Å². The first-order chi connectivity index (χ1) is 12.5. The number of hydrogen-bond acceptors (Lipinski definition) is 5. The Morgan fingerprint density at radius 2 is 1.96 bits per heavy atom. The Bertz CT molecular complexity index is 769. The topological polar surface area (TPSA) is 83.6 Å². The number of carbonyl (C=O) groups is 2. The highest BCUT2D eigenvalue weighted by molar-refractivity contribution is 7.11. The van der Waals surface area contributed by atoms with Gasteiger partial charge in [-0.1, -0.05) is 0 Å². The Hall–Kier alpha value is -2.45. The number of urea groups is 1. The van der Waals surface area contributed by atoms with Gasteiger partial charge in [-0.05, 0) is 44.0 Å². The number of nitrogens with one attached hydrogen (secondary N) is 2. The zero-order valence-corrected chi connectivity index (χ0v) is 15.6. The summed E-state index contributed by atoms with van der Waals surface area (Å²) >= 11 is 1.57. The highest BCUT2D eigenvalue weighted by atomic mass is 32.1. The molecule has 1 aromatic heterocycles. The predicted molar refractivity (Wildman–Crippen MR) is 101 cm³/mol. The van der Waals surface area contributed by atoms with Gasteiger partial charge in [0, 0.05) is 36.1 Å². The summed E-state index contributed by atoms with van der Waals surface area (Å²) in [7, 11) is 1.74. The Kier molecular flexibility index (Phi) is 5.85. The number of hydrogen-bond donors (Lipinski definition) is 2. The lowest BCUT2D eigenvalue weighted by Crippen LogP contribution is -2.30. The van der Waals surface area contributed by atoms with Crippen LogP contribution in [0.3, 0.4) is 0 Å². The Morgan fingerprint density at radius 3 is 2.54 bits per heavy atom. The Labute approximate surface area is 156 Å². The molecular weight excluding hydrogens is 352 g/mol. The maximum absolute atomic E-state index is 12.3. The summed E-state index contributed by atoms with van der Waals surface area (Å²) in [5, 5.41) is 6.65.